The predicted molar refractivity (Wildman–Crippen MR) is 102 cm³/mol. The van der Waals surface area contributed by atoms with E-state index < -0.39 is 6.04 Å². The Labute approximate surface area is 159 Å². The molecule has 0 spiro atoms. The van der Waals surface area contributed by atoms with Crippen LogP contribution in [0.25, 0.3) is 0 Å². The van der Waals surface area contributed by atoms with Gasteiger partial charge in [0.15, 0.2) is 0 Å². The monoisotopic (exact) mass is 368 g/mol. The highest BCUT2D eigenvalue weighted by molar-refractivity contribution is 5.98. The lowest BCUT2D eigenvalue weighted by atomic mass is 10.0. The number of nitrogens with one attached hydrogen (secondary N) is 1. The van der Waals surface area contributed by atoms with Gasteiger partial charge in [0, 0.05) is 24.7 Å². The molecule has 1 fully saturated rings. The van der Waals surface area contributed by atoms with Gasteiger partial charge in [-0.25, -0.2) is 0 Å². The zero-order valence-electron chi connectivity index (χ0n) is 15.6. The molecular weight excluding hydrogens is 344 g/mol. The van der Waals surface area contributed by atoms with Gasteiger partial charge in [-0.05, 0) is 30.5 Å². The number of benzene rings is 2. The first-order chi connectivity index (χ1) is 13.1. The fraction of sp³-hybridized carbons (Fsp3) is 0.333. The van der Waals surface area contributed by atoms with Crippen LogP contribution in [-0.2, 0) is 4.79 Å². The van der Waals surface area contributed by atoms with Gasteiger partial charge in [-0.1, -0.05) is 30.3 Å². The zero-order chi connectivity index (χ0) is 19.2. The summed E-state index contributed by atoms with van der Waals surface area (Å²) in [5.41, 5.74) is 1.14. The fourth-order valence-corrected chi connectivity index (χ4v) is 3.21. The van der Waals surface area contributed by atoms with Gasteiger partial charge in [-0.15, -0.1) is 0 Å². The molecule has 1 aliphatic heterocycles. The van der Waals surface area contributed by atoms with Crippen LogP contribution < -0.4 is 14.8 Å². The highest BCUT2D eigenvalue weighted by atomic mass is 16.5. The summed E-state index contributed by atoms with van der Waals surface area (Å²) in [6, 6.07) is 13.5. The summed E-state index contributed by atoms with van der Waals surface area (Å²) in [5, 5.41) is 2.89. The van der Waals surface area contributed by atoms with Crippen LogP contribution in [0.4, 0.5) is 0 Å². The second-order valence-corrected chi connectivity index (χ2v) is 6.45. The summed E-state index contributed by atoms with van der Waals surface area (Å²) in [5.74, 6) is 0.596. The molecule has 0 radical (unpaired) electrons. The maximum Gasteiger partial charge on any atom is 0.252 e. The van der Waals surface area contributed by atoms with E-state index in [1.165, 1.54) is 14.2 Å². The lowest BCUT2D eigenvalue weighted by molar-refractivity contribution is -0.132. The van der Waals surface area contributed by atoms with Gasteiger partial charge < -0.3 is 19.7 Å². The number of rotatable bonds is 6. The van der Waals surface area contributed by atoms with Gasteiger partial charge >= 0.3 is 0 Å². The van der Waals surface area contributed by atoms with E-state index in [0.29, 0.717) is 17.1 Å². The summed E-state index contributed by atoms with van der Waals surface area (Å²) in [4.78, 5) is 27.7. The smallest absolute Gasteiger partial charge is 0.252 e. The quantitative estimate of drug-likeness (QED) is 0.851. The molecule has 6 heteroatoms. The molecule has 2 aromatic carbocycles. The van der Waals surface area contributed by atoms with Crippen LogP contribution >= 0.6 is 0 Å². The van der Waals surface area contributed by atoms with Crippen LogP contribution in [0.3, 0.4) is 0 Å². The average Bonchev–Trinajstić information content (AvgIpc) is 3.26. The molecule has 0 saturated carbocycles. The molecule has 1 saturated heterocycles. The third kappa shape index (κ3) is 4.39. The number of methoxy groups -OCH3 is 2. The van der Waals surface area contributed by atoms with Gasteiger partial charge in [0.2, 0.25) is 5.91 Å². The molecule has 2 amide bonds. The van der Waals surface area contributed by atoms with E-state index >= 15 is 0 Å². The standard InChI is InChI=1S/C21H24N2O4/c1-26-17-12-16(13-18(14-17)27-2)20(24)22-19(15-8-4-3-5-9-15)21(25)23-10-6-7-11-23/h3-5,8-9,12-14,19H,6-7,10-11H2,1-2H3,(H,22,24)/t19-/m0/s1. The Morgan fingerprint density at radius 1 is 0.963 bits per heavy atom. The van der Waals surface area contributed by atoms with E-state index in [2.05, 4.69) is 5.32 Å². The maximum absolute atomic E-state index is 13.0. The summed E-state index contributed by atoms with van der Waals surface area (Å²) in [7, 11) is 3.06. The molecule has 6 nitrogen and oxygen atoms in total. The molecule has 0 bridgehead atoms. The van der Waals surface area contributed by atoms with E-state index in [1.807, 2.05) is 35.2 Å². The molecule has 1 heterocycles. The van der Waals surface area contributed by atoms with E-state index in [0.717, 1.165) is 31.5 Å². The van der Waals surface area contributed by atoms with Gasteiger partial charge in [0.1, 0.15) is 17.5 Å². The van der Waals surface area contributed by atoms with Crippen LogP contribution in [0, 0.1) is 0 Å². The normalized spacial score (nSPS) is 14.5. The van der Waals surface area contributed by atoms with E-state index in [1.54, 1.807) is 18.2 Å². The Bertz CT molecular complexity index is 779. The molecule has 27 heavy (non-hydrogen) atoms. The molecule has 142 valence electrons. The minimum absolute atomic E-state index is 0.0816. The number of amides is 2. The predicted octanol–water partition coefficient (Wildman–Crippen LogP) is 2.80. The molecule has 0 aliphatic carbocycles. The van der Waals surface area contributed by atoms with Crippen molar-refractivity contribution >= 4 is 11.8 Å². The van der Waals surface area contributed by atoms with Crippen molar-refractivity contribution in [2.24, 2.45) is 0 Å². The second-order valence-electron chi connectivity index (χ2n) is 6.45. The van der Waals surface area contributed by atoms with Crippen LogP contribution in [-0.4, -0.2) is 44.0 Å². The van der Waals surface area contributed by atoms with Gasteiger partial charge in [0.05, 0.1) is 14.2 Å². The summed E-state index contributed by atoms with van der Waals surface area (Å²) in [6.45, 7) is 1.45. The average molecular weight is 368 g/mol. The lowest BCUT2D eigenvalue weighted by Crippen LogP contribution is -2.41. The largest absolute Gasteiger partial charge is 0.497 e. The number of carbonyl (C=O) groups excluding carboxylic acids is 2. The number of hydrogen-bond acceptors (Lipinski definition) is 4. The van der Waals surface area contributed by atoms with Crippen LogP contribution in [0.1, 0.15) is 34.8 Å². The number of nitrogens with zero attached hydrogens (tertiary/aromatic N) is 1. The zero-order valence-corrected chi connectivity index (χ0v) is 15.6. The number of likely N-dealkylation sites (tertiary alicyclic amines) is 1. The maximum atomic E-state index is 13.0. The second kappa shape index (κ2) is 8.58. The Morgan fingerprint density at radius 2 is 1.56 bits per heavy atom. The number of ether oxygens (including phenoxy) is 2. The third-order valence-corrected chi connectivity index (χ3v) is 4.69. The topological polar surface area (TPSA) is 67.9 Å². The molecule has 1 aliphatic rings. The third-order valence-electron chi connectivity index (χ3n) is 4.69. The molecular formula is C21H24N2O4. The van der Waals surface area contributed by atoms with E-state index in [-0.39, 0.29) is 11.8 Å². The van der Waals surface area contributed by atoms with Crippen LogP contribution in [0.5, 0.6) is 11.5 Å². The molecule has 1 N–H and O–H groups in total. The van der Waals surface area contributed by atoms with Crippen molar-refractivity contribution in [2.45, 2.75) is 18.9 Å². The highest BCUT2D eigenvalue weighted by Crippen LogP contribution is 2.24. The Morgan fingerprint density at radius 3 is 2.11 bits per heavy atom. The Hall–Kier alpha value is -3.02. The van der Waals surface area contributed by atoms with Crippen LogP contribution in [0.2, 0.25) is 0 Å². The highest BCUT2D eigenvalue weighted by Gasteiger charge is 2.29. The molecule has 3 rings (SSSR count). The molecule has 0 aromatic heterocycles. The van der Waals surface area contributed by atoms with Gasteiger partial charge in [-0.2, -0.15) is 0 Å². The minimum atomic E-state index is -0.728. The lowest BCUT2D eigenvalue weighted by Gasteiger charge is -2.24. The van der Waals surface area contributed by atoms with Crippen molar-refractivity contribution in [3.8, 4) is 11.5 Å². The number of carbonyl (C=O) groups is 2. The van der Waals surface area contributed by atoms with Crippen molar-refractivity contribution in [1.82, 2.24) is 10.2 Å². The Kier molecular flexibility index (Phi) is 5.96. The van der Waals surface area contributed by atoms with Crippen LogP contribution in [0.15, 0.2) is 48.5 Å². The first-order valence-corrected chi connectivity index (χ1v) is 9.00. The Balaban J connectivity index is 1.87. The van der Waals surface area contributed by atoms with Crippen molar-refractivity contribution in [1.29, 1.82) is 0 Å². The summed E-state index contributed by atoms with van der Waals surface area (Å²) >= 11 is 0. The van der Waals surface area contributed by atoms with E-state index in [4.69, 9.17) is 9.47 Å². The van der Waals surface area contributed by atoms with Crippen molar-refractivity contribution in [2.75, 3.05) is 27.3 Å². The number of hydrogen-bond donors (Lipinski definition) is 1. The summed E-state index contributed by atoms with van der Waals surface area (Å²) < 4.78 is 10.5. The van der Waals surface area contributed by atoms with Gasteiger partial charge in [0.25, 0.3) is 5.91 Å². The SMILES string of the molecule is COc1cc(OC)cc(C(=O)N[C@H](C(=O)N2CCCC2)c2ccccc2)c1. The summed E-state index contributed by atoms with van der Waals surface area (Å²) in [6.07, 6.45) is 1.99. The van der Waals surface area contributed by atoms with Crippen molar-refractivity contribution < 1.29 is 19.1 Å². The molecule has 0 unspecified atom stereocenters. The van der Waals surface area contributed by atoms with Crippen molar-refractivity contribution in [3.05, 3.63) is 59.7 Å². The molecule has 1 atom stereocenters. The minimum Gasteiger partial charge on any atom is -0.497 e. The molecule has 2 aromatic rings. The first kappa shape index (κ1) is 18.8. The fourth-order valence-electron chi connectivity index (χ4n) is 3.21. The van der Waals surface area contributed by atoms with Crippen molar-refractivity contribution in [3.63, 3.8) is 0 Å². The first-order valence-electron chi connectivity index (χ1n) is 9.00. The van der Waals surface area contributed by atoms with E-state index in [9.17, 15) is 9.59 Å². The van der Waals surface area contributed by atoms with Gasteiger partial charge in [-0.3, -0.25) is 9.59 Å².